The average Bonchev–Trinajstić information content (AvgIpc) is 3.22. The number of anilines is 2. The van der Waals surface area contributed by atoms with Gasteiger partial charge in [0.05, 0.1) is 17.8 Å². The normalized spacial score (nSPS) is 19.4. The third-order valence-corrected chi connectivity index (χ3v) is 4.48. The summed E-state index contributed by atoms with van der Waals surface area (Å²) in [6.07, 6.45) is 3.17. The van der Waals surface area contributed by atoms with Crippen LogP contribution in [0.3, 0.4) is 0 Å². The molecule has 1 aliphatic heterocycles. The van der Waals surface area contributed by atoms with Crippen molar-refractivity contribution in [3.05, 3.63) is 54.6 Å². The summed E-state index contributed by atoms with van der Waals surface area (Å²) in [6, 6.07) is 10.9. The van der Waals surface area contributed by atoms with E-state index in [9.17, 15) is 4.79 Å². The third-order valence-electron chi connectivity index (χ3n) is 4.48. The van der Waals surface area contributed by atoms with Crippen LogP contribution >= 0.6 is 0 Å². The van der Waals surface area contributed by atoms with Crippen LogP contribution in [0, 0.1) is 0 Å². The summed E-state index contributed by atoms with van der Waals surface area (Å²) in [4.78, 5) is 19.2. The van der Waals surface area contributed by atoms with E-state index in [0.29, 0.717) is 17.1 Å². The van der Waals surface area contributed by atoms with Gasteiger partial charge >= 0.3 is 0 Å². The topological polar surface area (TPSA) is 93.4 Å². The lowest BCUT2D eigenvalue weighted by Gasteiger charge is -2.36. The van der Waals surface area contributed by atoms with Crippen molar-refractivity contribution in [2.45, 2.75) is 26.1 Å². The molecule has 0 bridgehead atoms. The minimum absolute atomic E-state index is 0.152. The molecule has 1 amide bonds. The minimum atomic E-state index is -0.231. The molecule has 8 heteroatoms. The standard InChI is InChI=1S/C20H21N5O3/c1-13-10-25(11-14(2)28-13)18-7-6-16(9-21-18)19(26)23-17-5-3-4-15(8-17)20-24-22-12-27-20/h3-9,12-14H,10-11H2,1-2H3,(H,23,26). The van der Waals surface area contributed by atoms with Gasteiger partial charge in [-0.3, -0.25) is 4.79 Å². The van der Waals surface area contributed by atoms with Gasteiger partial charge in [-0.05, 0) is 44.2 Å². The number of amides is 1. The molecule has 0 aliphatic carbocycles. The van der Waals surface area contributed by atoms with E-state index < -0.39 is 0 Å². The highest BCUT2D eigenvalue weighted by Gasteiger charge is 2.23. The zero-order chi connectivity index (χ0) is 19.5. The van der Waals surface area contributed by atoms with Gasteiger partial charge in [0.25, 0.3) is 5.91 Å². The summed E-state index contributed by atoms with van der Waals surface area (Å²) in [7, 11) is 0. The Morgan fingerprint density at radius 3 is 2.68 bits per heavy atom. The van der Waals surface area contributed by atoms with Gasteiger partial charge in [-0.15, -0.1) is 10.2 Å². The van der Waals surface area contributed by atoms with Crippen molar-refractivity contribution in [2.75, 3.05) is 23.3 Å². The van der Waals surface area contributed by atoms with Gasteiger partial charge in [-0.25, -0.2) is 4.98 Å². The molecular formula is C20H21N5O3. The molecule has 4 rings (SSSR count). The van der Waals surface area contributed by atoms with Crippen LogP contribution in [0.2, 0.25) is 0 Å². The fourth-order valence-electron chi connectivity index (χ4n) is 3.30. The van der Waals surface area contributed by atoms with Crippen LogP contribution in [0.25, 0.3) is 11.5 Å². The third kappa shape index (κ3) is 4.01. The van der Waals surface area contributed by atoms with Crippen molar-refractivity contribution in [3.63, 3.8) is 0 Å². The Labute approximate surface area is 162 Å². The molecule has 8 nitrogen and oxygen atoms in total. The maximum Gasteiger partial charge on any atom is 0.257 e. The first-order valence-corrected chi connectivity index (χ1v) is 9.13. The SMILES string of the molecule is CC1CN(c2ccc(C(=O)Nc3cccc(-c4nnco4)c3)cn2)CC(C)O1. The molecule has 28 heavy (non-hydrogen) atoms. The number of morpholine rings is 1. The monoisotopic (exact) mass is 379 g/mol. The number of ether oxygens (including phenoxy) is 1. The summed E-state index contributed by atoms with van der Waals surface area (Å²) in [5.74, 6) is 1.01. The number of aromatic nitrogens is 3. The van der Waals surface area contributed by atoms with Crippen LogP contribution in [0.1, 0.15) is 24.2 Å². The molecule has 0 saturated carbocycles. The molecule has 0 spiro atoms. The zero-order valence-corrected chi connectivity index (χ0v) is 15.7. The minimum Gasteiger partial charge on any atom is -0.423 e. The van der Waals surface area contributed by atoms with E-state index in [1.54, 1.807) is 24.4 Å². The molecular weight excluding hydrogens is 358 g/mol. The number of nitrogens with zero attached hydrogens (tertiary/aromatic N) is 4. The van der Waals surface area contributed by atoms with E-state index >= 15 is 0 Å². The van der Waals surface area contributed by atoms with Gasteiger partial charge in [0, 0.05) is 30.5 Å². The van der Waals surface area contributed by atoms with Crippen LogP contribution in [0.5, 0.6) is 0 Å². The molecule has 2 unspecified atom stereocenters. The van der Waals surface area contributed by atoms with Gasteiger partial charge in [0.15, 0.2) is 0 Å². The maximum atomic E-state index is 12.6. The summed E-state index contributed by atoms with van der Waals surface area (Å²) in [5.41, 5.74) is 1.86. The van der Waals surface area contributed by atoms with Gasteiger partial charge in [0.1, 0.15) is 5.82 Å². The van der Waals surface area contributed by atoms with Crippen LogP contribution < -0.4 is 10.2 Å². The second-order valence-corrected chi connectivity index (χ2v) is 6.85. The Morgan fingerprint density at radius 2 is 2.00 bits per heavy atom. The van der Waals surface area contributed by atoms with E-state index in [4.69, 9.17) is 9.15 Å². The highest BCUT2D eigenvalue weighted by molar-refractivity contribution is 6.04. The number of pyridine rings is 1. The quantitative estimate of drug-likeness (QED) is 0.745. The van der Waals surface area contributed by atoms with Gasteiger partial charge in [-0.1, -0.05) is 6.07 Å². The lowest BCUT2D eigenvalue weighted by molar-refractivity contribution is -0.00546. The van der Waals surface area contributed by atoms with Crippen LogP contribution in [-0.4, -0.2) is 46.4 Å². The number of carbonyl (C=O) groups excluding carboxylic acids is 1. The number of hydrogen-bond donors (Lipinski definition) is 1. The number of nitrogens with one attached hydrogen (secondary N) is 1. The van der Waals surface area contributed by atoms with Crippen LogP contribution in [-0.2, 0) is 4.74 Å². The predicted molar refractivity (Wildman–Crippen MR) is 104 cm³/mol. The maximum absolute atomic E-state index is 12.6. The van der Waals surface area contributed by atoms with Crippen LogP contribution in [0.15, 0.2) is 53.4 Å². The Balaban J connectivity index is 1.45. The van der Waals surface area contributed by atoms with Crippen LogP contribution in [0.4, 0.5) is 11.5 Å². The van der Waals surface area contributed by atoms with Crippen molar-refractivity contribution in [2.24, 2.45) is 0 Å². The molecule has 1 aromatic carbocycles. The Morgan fingerprint density at radius 1 is 1.18 bits per heavy atom. The molecule has 2 atom stereocenters. The average molecular weight is 379 g/mol. The molecule has 2 aromatic heterocycles. The number of rotatable bonds is 4. The molecule has 1 N–H and O–H groups in total. The lowest BCUT2D eigenvalue weighted by Crippen LogP contribution is -2.45. The first kappa shape index (κ1) is 18.1. The highest BCUT2D eigenvalue weighted by Crippen LogP contribution is 2.22. The summed E-state index contributed by atoms with van der Waals surface area (Å²) in [6.45, 7) is 5.66. The van der Waals surface area contributed by atoms with Crippen molar-refractivity contribution in [1.29, 1.82) is 0 Å². The summed E-state index contributed by atoms with van der Waals surface area (Å²) in [5, 5.41) is 10.4. The summed E-state index contributed by atoms with van der Waals surface area (Å²) >= 11 is 0. The van der Waals surface area contributed by atoms with Gasteiger partial charge < -0.3 is 19.4 Å². The predicted octanol–water partition coefficient (Wildman–Crippen LogP) is 3.00. The molecule has 1 saturated heterocycles. The largest absolute Gasteiger partial charge is 0.423 e. The van der Waals surface area contributed by atoms with Crippen molar-refractivity contribution < 1.29 is 13.9 Å². The van der Waals surface area contributed by atoms with Crippen molar-refractivity contribution in [1.82, 2.24) is 15.2 Å². The molecule has 1 aliphatic rings. The Bertz CT molecular complexity index is 933. The van der Waals surface area contributed by atoms with Gasteiger partial charge in [0.2, 0.25) is 12.3 Å². The summed E-state index contributed by atoms with van der Waals surface area (Å²) < 4.78 is 10.9. The fourth-order valence-corrected chi connectivity index (χ4v) is 3.30. The smallest absolute Gasteiger partial charge is 0.257 e. The van der Waals surface area contributed by atoms with Crippen molar-refractivity contribution >= 4 is 17.4 Å². The first-order valence-electron chi connectivity index (χ1n) is 9.13. The van der Waals surface area contributed by atoms with E-state index in [2.05, 4.69) is 25.4 Å². The second-order valence-electron chi connectivity index (χ2n) is 6.85. The molecule has 0 radical (unpaired) electrons. The van der Waals surface area contributed by atoms with Gasteiger partial charge in [-0.2, -0.15) is 0 Å². The molecule has 144 valence electrons. The first-order chi connectivity index (χ1) is 13.6. The number of carbonyl (C=O) groups is 1. The van der Waals surface area contributed by atoms with E-state index in [-0.39, 0.29) is 18.1 Å². The zero-order valence-electron chi connectivity index (χ0n) is 15.7. The number of hydrogen-bond acceptors (Lipinski definition) is 7. The number of benzene rings is 1. The van der Waals surface area contributed by atoms with E-state index in [1.165, 1.54) is 6.39 Å². The Kier molecular flexibility index (Phi) is 5.03. The lowest BCUT2D eigenvalue weighted by atomic mass is 10.2. The molecule has 3 heterocycles. The van der Waals surface area contributed by atoms with E-state index in [1.807, 2.05) is 32.0 Å². The fraction of sp³-hybridized carbons (Fsp3) is 0.300. The molecule has 1 fully saturated rings. The van der Waals surface area contributed by atoms with Crippen molar-refractivity contribution in [3.8, 4) is 11.5 Å². The molecule has 3 aromatic rings. The van der Waals surface area contributed by atoms with E-state index in [0.717, 1.165) is 24.5 Å². The second kappa shape index (κ2) is 7.77. The Hall–Kier alpha value is -3.26. The highest BCUT2D eigenvalue weighted by atomic mass is 16.5.